The van der Waals surface area contributed by atoms with Gasteiger partial charge in [0.25, 0.3) is 0 Å². The van der Waals surface area contributed by atoms with Gasteiger partial charge in [0.15, 0.2) is 6.29 Å². The number of carbonyl (C=O) groups is 2. The van der Waals surface area contributed by atoms with E-state index in [1.54, 1.807) is 0 Å². The zero-order valence-corrected chi connectivity index (χ0v) is 24.9. The van der Waals surface area contributed by atoms with Crippen LogP contribution in [0.1, 0.15) is 109 Å². The molecule has 1 N–H and O–H groups in total. The normalized spacial score (nSPS) is 25.0. The molecule has 6 nitrogen and oxygen atoms in total. The summed E-state index contributed by atoms with van der Waals surface area (Å²) in [5.41, 5.74) is 0.962. The third-order valence-corrected chi connectivity index (χ3v) is 8.52. The summed E-state index contributed by atoms with van der Waals surface area (Å²) in [5.74, 6) is -4.71. The Hall–Kier alpha value is -1.90. The summed E-state index contributed by atoms with van der Waals surface area (Å²) in [5, 5.41) is 10.9. The van der Waals surface area contributed by atoms with E-state index in [9.17, 15) is 23.5 Å². The molecule has 2 fully saturated rings. The second-order valence-corrected chi connectivity index (χ2v) is 12.3. The lowest BCUT2D eigenvalue weighted by atomic mass is 9.84. The van der Waals surface area contributed by atoms with Crippen LogP contribution in [0.2, 0.25) is 0 Å². The highest BCUT2D eigenvalue weighted by molar-refractivity contribution is 5.85. The monoisotopic (exact) mass is 580 g/mol. The Kier molecular flexibility index (Phi) is 14.2. The van der Waals surface area contributed by atoms with Gasteiger partial charge >= 0.3 is 11.9 Å². The third-order valence-electron chi connectivity index (χ3n) is 8.52. The molecule has 1 aromatic rings. The topological polar surface area (TPSA) is 82.1 Å². The fourth-order valence-electron chi connectivity index (χ4n) is 6.03. The van der Waals surface area contributed by atoms with Crippen molar-refractivity contribution in [2.75, 3.05) is 6.61 Å². The molecule has 1 saturated heterocycles. The number of rotatable bonds is 18. The van der Waals surface area contributed by atoms with Gasteiger partial charge in [0.2, 0.25) is 5.78 Å². The molecule has 0 radical (unpaired) electrons. The lowest BCUT2D eigenvalue weighted by Gasteiger charge is -2.30. The summed E-state index contributed by atoms with van der Waals surface area (Å²) >= 11 is 0. The molecular formula is C33H50F2O6. The van der Waals surface area contributed by atoms with Gasteiger partial charge < -0.3 is 19.3 Å². The fraction of sp³-hybridized carbons (Fsp3) is 0.758. The summed E-state index contributed by atoms with van der Waals surface area (Å²) in [6.45, 7) is 4.66. The summed E-state index contributed by atoms with van der Waals surface area (Å²) in [6.07, 6.45) is 6.35. The molecule has 232 valence electrons. The Bertz CT molecular complexity index is 902. The molecule has 1 saturated carbocycles. The van der Waals surface area contributed by atoms with Gasteiger partial charge in [-0.3, -0.25) is 9.59 Å². The number of alkyl halides is 2. The second-order valence-electron chi connectivity index (χ2n) is 12.3. The van der Waals surface area contributed by atoms with E-state index in [0.717, 1.165) is 56.9 Å². The zero-order chi connectivity index (χ0) is 29.7. The lowest BCUT2D eigenvalue weighted by molar-refractivity contribution is -0.196. The van der Waals surface area contributed by atoms with E-state index in [1.807, 2.05) is 44.2 Å². The van der Waals surface area contributed by atoms with Crippen LogP contribution in [-0.4, -0.2) is 47.9 Å². The molecule has 0 spiro atoms. The number of halogens is 2. The van der Waals surface area contributed by atoms with E-state index in [1.165, 1.54) is 0 Å². The molecule has 1 aromatic carbocycles. The first-order chi connectivity index (χ1) is 19.7. The standard InChI is InChI=1S/C33H50F2O6/c1-24(2)19-20-33(34,35)30(37)18-17-27-26(28(36)22-29(27)41-32-16-10-11-21-39-32)14-8-3-4-9-15-31(38)40-23-25-12-6-5-7-13-25/h5-7,12-13,24,26-29,32,36H,3-4,8-11,14-23H2,1-2H3/t26-,27-,28+,29-,32?/m1/s1. The van der Waals surface area contributed by atoms with Crippen molar-refractivity contribution >= 4 is 11.8 Å². The van der Waals surface area contributed by atoms with E-state index in [4.69, 9.17) is 14.2 Å². The first kappa shape index (κ1) is 33.6. The van der Waals surface area contributed by atoms with Gasteiger partial charge in [-0.25, -0.2) is 0 Å². The molecule has 8 heteroatoms. The number of benzene rings is 1. The molecular weight excluding hydrogens is 530 g/mol. The number of aliphatic hydroxyl groups excluding tert-OH is 1. The summed E-state index contributed by atoms with van der Waals surface area (Å²) in [6, 6.07) is 9.58. The molecule has 1 unspecified atom stereocenters. The molecule has 5 atom stereocenters. The van der Waals surface area contributed by atoms with Crippen molar-refractivity contribution < 1.29 is 37.7 Å². The largest absolute Gasteiger partial charge is 0.461 e. The van der Waals surface area contributed by atoms with Crippen LogP contribution in [0.25, 0.3) is 0 Å². The first-order valence-electron chi connectivity index (χ1n) is 15.7. The Labute approximate surface area is 244 Å². The Morgan fingerprint density at radius 1 is 1.02 bits per heavy atom. The maximum absolute atomic E-state index is 14.5. The molecule has 1 heterocycles. The maximum Gasteiger partial charge on any atom is 0.306 e. The van der Waals surface area contributed by atoms with Gasteiger partial charge in [0.1, 0.15) is 6.61 Å². The van der Waals surface area contributed by atoms with Crippen molar-refractivity contribution in [2.45, 2.75) is 135 Å². The molecule has 0 aromatic heterocycles. The quantitative estimate of drug-likeness (QED) is 0.144. The van der Waals surface area contributed by atoms with E-state index >= 15 is 0 Å². The number of Topliss-reactive ketones (excluding diaryl/α,β-unsaturated/α-hetero) is 1. The van der Waals surface area contributed by atoms with Crippen LogP contribution in [0, 0.1) is 17.8 Å². The van der Waals surface area contributed by atoms with Crippen LogP contribution < -0.4 is 0 Å². The number of carbonyl (C=O) groups excluding carboxylic acids is 2. The molecule has 3 rings (SSSR count). The summed E-state index contributed by atoms with van der Waals surface area (Å²) < 4.78 is 46.4. The average Bonchev–Trinajstić information content (AvgIpc) is 3.25. The number of hydrogen-bond donors (Lipinski definition) is 1. The molecule has 1 aliphatic carbocycles. The lowest BCUT2D eigenvalue weighted by Crippen LogP contribution is -2.33. The number of unbranched alkanes of at least 4 members (excludes halogenated alkanes) is 3. The molecule has 0 bridgehead atoms. The van der Waals surface area contributed by atoms with Crippen LogP contribution >= 0.6 is 0 Å². The van der Waals surface area contributed by atoms with Gasteiger partial charge in [-0.05, 0) is 68.3 Å². The first-order valence-corrected chi connectivity index (χ1v) is 15.7. The maximum atomic E-state index is 14.5. The number of ketones is 1. The van der Waals surface area contributed by atoms with Crippen molar-refractivity contribution in [2.24, 2.45) is 17.8 Å². The van der Waals surface area contributed by atoms with Gasteiger partial charge in [-0.2, -0.15) is 8.78 Å². The molecule has 2 aliphatic rings. The van der Waals surface area contributed by atoms with Crippen molar-refractivity contribution in [3.63, 3.8) is 0 Å². The Balaban J connectivity index is 1.45. The minimum atomic E-state index is -3.32. The van der Waals surface area contributed by atoms with Crippen molar-refractivity contribution in [3.8, 4) is 0 Å². The predicted molar refractivity (Wildman–Crippen MR) is 153 cm³/mol. The number of hydrogen-bond acceptors (Lipinski definition) is 6. The summed E-state index contributed by atoms with van der Waals surface area (Å²) in [7, 11) is 0. The van der Waals surface area contributed by atoms with Crippen LogP contribution in [-0.2, 0) is 30.4 Å². The smallest absolute Gasteiger partial charge is 0.306 e. The van der Waals surface area contributed by atoms with Gasteiger partial charge in [0.05, 0.1) is 12.2 Å². The van der Waals surface area contributed by atoms with Crippen LogP contribution in [0.5, 0.6) is 0 Å². The highest BCUT2D eigenvalue weighted by Gasteiger charge is 2.45. The SMILES string of the molecule is CC(C)CCC(F)(F)C(=O)CC[C@@H]1[C@@H](CCCCCCC(=O)OCc2ccccc2)[C@@H](O)C[C@H]1OC1CCCCO1. The zero-order valence-electron chi connectivity index (χ0n) is 24.9. The third kappa shape index (κ3) is 11.7. The second kappa shape index (κ2) is 17.3. The summed E-state index contributed by atoms with van der Waals surface area (Å²) in [4.78, 5) is 24.6. The number of aliphatic hydroxyl groups is 1. The average molecular weight is 581 g/mol. The van der Waals surface area contributed by atoms with Crippen LogP contribution in [0.4, 0.5) is 8.78 Å². The van der Waals surface area contributed by atoms with Gasteiger partial charge in [0, 0.05) is 32.3 Å². The highest BCUT2D eigenvalue weighted by Crippen LogP contribution is 2.42. The van der Waals surface area contributed by atoms with Gasteiger partial charge in [-0.1, -0.05) is 63.4 Å². The van der Waals surface area contributed by atoms with Gasteiger partial charge in [-0.15, -0.1) is 0 Å². The minimum Gasteiger partial charge on any atom is -0.461 e. The number of ether oxygens (including phenoxy) is 3. The fourth-order valence-corrected chi connectivity index (χ4v) is 6.03. The van der Waals surface area contributed by atoms with E-state index in [2.05, 4.69) is 0 Å². The molecule has 0 amide bonds. The molecule has 41 heavy (non-hydrogen) atoms. The Morgan fingerprint density at radius 2 is 1.78 bits per heavy atom. The predicted octanol–water partition coefficient (Wildman–Crippen LogP) is 7.40. The van der Waals surface area contributed by atoms with E-state index in [-0.39, 0.29) is 55.6 Å². The van der Waals surface area contributed by atoms with Crippen LogP contribution in [0.15, 0.2) is 30.3 Å². The highest BCUT2D eigenvalue weighted by atomic mass is 19.3. The minimum absolute atomic E-state index is 0.108. The van der Waals surface area contributed by atoms with E-state index < -0.39 is 24.2 Å². The van der Waals surface area contributed by atoms with E-state index in [0.29, 0.717) is 25.9 Å². The van der Waals surface area contributed by atoms with Crippen molar-refractivity contribution in [1.82, 2.24) is 0 Å². The van der Waals surface area contributed by atoms with Crippen molar-refractivity contribution in [3.05, 3.63) is 35.9 Å². The van der Waals surface area contributed by atoms with Crippen molar-refractivity contribution in [1.29, 1.82) is 0 Å². The van der Waals surface area contributed by atoms with Crippen LogP contribution in [0.3, 0.4) is 0 Å². The Morgan fingerprint density at radius 3 is 2.49 bits per heavy atom. The number of esters is 1. The molecule has 1 aliphatic heterocycles.